The molecule has 4 rings (SSSR count). The molecule has 1 aromatic carbocycles. The second-order valence-electron chi connectivity index (χ2n) is 6.00. The van der Waals surface area contributed by atoms with E-state index in [-0.39, 0.29) is 11.8 Å². The molecule has 3 heterocycles. The Bertz CT molecular complexity index is 998. The third-order valence-electron chi connectivity index (χ3n) is 4.42. The molecular formula is C20H18N2OS2. The topological polar surface area (TPSA) is 44.9 Å². The van der Waals surface area contributed by atoms with Gasteiger partial charge in [0.05, 0.1) is 4.88 Å². The predicted molar refractivity (Wildman–Crippen MR) is 106 cm³/mol. The van der Waals surface area contributed by atoms with Gasteiger partial charge in [-0.2, -0.15) is 0 Å². The van der Waals surface area contributed by atoms with Gasteiger partial charge in [0.15, 0.2) is 0 Å². The van der Waals surface area contributed by atoms with Crippen molar-refractivity contribution < 1.29 is 4.79 Å². The molecule has 3 nitrogen and oxygen atoms in total. The summed E-state index contributed by atoms with van der Waals surface area (Å²) in [4.78, 5) is 17.9. The zero-order chi connectivity index (χ0) is 17.2. The van der Waals surface area contributed by atoms with Crippen LogP contribution in [0.25, 0.3) is 10.9 Å². The lowest BCUT2D eigenvalue weighted by molar-refractivity contribution is 0.0956. The number of carbonyl (C=O) groups is 1. The normalized spacial score (nSPS) is 12.4. The number of nitrogens with one attached hydrogen (secondary N) is 2. The van der Waals surface area contributed by atoms with Crippen molar-refractivity contribution in [1.29, 1.82) is 0 Å². The minimum atomic E-state index is 0.00824. The number of aromatic nitrogens is 1. The molecule has 0 radical (unpaired) electrons. The largest absolute Gasteiger partial charge is 0.361 e. The van der Waals surface area contributed by atoms with Gasteiger partial charge in [-0.3, -0.25) is 4.79 Å². The molecular weight excluding hydrogens is 348 g/mol. The third-order valence-corrected chi connectivity index (χ3v) is 6.42. The number of hydrogen-bond donors (Lipinski definition) is 2. The number of hydrogen-bond acceptors (Lipinski definition) is 3. The first-order valence-corrected chi connectivity index (χ1v) is 9.91. The van der Waals surface area contributed by atoms with Gasteiger partial charge >= 0.3 is 0 Å². The lowest BCUT2D eigenvalue weighted by Gasteiger charge is -2.16. The number of aromatic amines is 1. The van der Waals surface area contributed by atoms with Crippen LogP contribution in [-0.2, 0) is 0 Å². The highest BCUT2D eigenvalue weighted by molar-refractivity contribution is 7.12. The molecule has 0 bridgehead atoms. The van der Waals surface area contributed by atoms with Crippen molar-refractivity contribution in [2.24, 2.45) is 0 Å². The van der Waals surface area contributed by atoms with Crippen LogP contribution in [0.15, 0.2) is 59.4 Å². The van der Waals surface area contributed by atoms with Gasteiger partial charge in [-0.1, -0.05) is 24.3 Å². The number of rotatable bonds is 5. The van der Waals surface area contributed by atoms with Crippen molar-refractivity contribution in [2.45, 2.75) is 12.8 Å². The molecule has 0 aliphatic carbocycles. The second-order valence-corrected chi connectivity index (χ2v) is 7.90. The van der Waals surface area contributed by atoms with E-state index in [4.69, 9.17) is 0 Å². The van der Waals surface area contributed by atoms with Gasteiger partial charge in [0, 0.05) is 34.4 Å². The Kier molecular flexibility index (Phi) is 4.42. The minimum absolute atomic E-state index is 0.00824. The summed E-state index contributed by atoms with van der Waals surface area (Å²) in [5, 5.41) is 8.39. The van der Waals surface area contributed by atoms with E-state index in [1.807, 2.05) is 24.4 Å². The van der Waals surface area contributed by atoms with Gasteiger partial charge in [-0.25, -0.2) is 0 Å². The van der Waals surface area contributed by atoms with Crippen LogP contribution in [0, 0.1) is 6.92 Å². The molecule has 1 atom stereocenters. The van der Waals surface area contributed by atoms with E-state index in [1.165, 1.54) is 27.2 Å². The number of para-hydroxylation sites is 1. The Morgan fingerprint density at radius 2 is 2.00 bits per heavy atom. The maximum Gasteiger partial charge on any atom is 0.261 e. The van der Waals surface area contributed by atoms with Crippen LogP contribution in [0.2, 0.25) is 0 Å². The van der Waals surface area contributed by atoms with E-state index in [0.29, 0.717) is 6.54 Å². The molecule has 0 saturated heterocycles. The summed E-state index contributed by atoms with van der Waals surface area (Å²) >= 11 is 3.22. The highest BCUT2D eigenvalue weighted by atomic mass is 32.1. The lowest BCUT2D eigenvalue weighted by atomic mass is 9.96. The summed E-state index contributed by atoms with van der Waals surface area (Å²) < 4.78 is 0. The first kappa shape index (κ1) is 16.1. The molecule has 0 unspecified atom stereocenters. The third kappa shape index (κ3) is 3.13. The van der Waals surface area contributed by atoms with Gasteiger partial charge in [0.25, 0.3) is 5.91 Å². The first-order valence-electron chi connectivity index (χ1n) is 8.15. The van der Waals surface area contributed by atoms with E-state index in [2.05, 4.69) is 52.2 Å². The molecule has 1 amide bonds. The van der Waals surface area contributed by atoms with Gasteiger partial charge < -0.3 is 10.3 Å². The van der Waals surface area contributed by atoms with Crippen LogP contribution >= 0.6 is 22.7 Å². The highest BCUT2D eigenvalue weighted by Crippen LogP contribution is 2.33. The molecule has 25 heavy (non-hydrogen) atoms. The summed E-state index contributed by atoms with van der Waals surface area (Å²) in [6.45, 7) is 2.56. The molecule has 0 spiro atoms. The number of fused-ring (bicyclic) bond motifs is 1. The van der Waals surface area contributed by atoms with Crippen molar-refractivity contribution in [2.75, 3.05) is 6.54 Å². The standard InChI is InChI=1S/C20H18N2OS2/c1-13-8-10-25-19(13)20(23)22-12-16(18-7-4-9-24-18)15-11-21-17-6-3-2-5-14(15)17/h2-11,16,21H,12H2,1H3,(H,22,23)/t16-/m0/s1. The molecule has 2 N–H and O–H groups in total. The van der Waals surface area contributed by atoms with Crippen molar-refractivity contribution in [3.8, 4) is 0 Å². The summed E-state index contributed by atoms with van der Waals surface area (Å²) in [7, 11) is 0. The summed E-state index contributed by atoms with van der Waals surface area (Å²) in [6, 6.07) is 14.5. The fourth-order valence-electron chi connectivity index (χ4n) is 3.12. The Morgan fingerprint density at radius 1 is 1.12 bits per heavy atom. The van der Waals surface area contributed by atoms with Crippen molar-refractivity contribution >= 4 is 39.5 Å². The average molecular weight is 367 g/mol. The van der Waals surface area contributed by atoms with Crippen LogP contribution in [0.1, 0.15) is 31.6 Å². The van der Waals surface area contributed by atoms with Crippen LogP contribution in [-0.4, -0.2) is 17.4 Å². The van der Waals surface area contributed by atoms with E-state index in [0.717, 1.165) is 16.0 Å². The SMILES string of the molecule is Cc1ccsc1C(=O)NC[C@H](c1cccs1)c1c[nH]c2ccccc12. The molecule has 3 aromatic heterocycles. The summed E-state index contributed by atoms with van der Waals surface area (Å²) in [5.74, 6) is 0.147. The summed E-state index contributed by atoms with van der Waals surface area (Å²) in [5.41, 5.74) is 3.38. The maximum atomic E-state index is 12.5. The fraction of sp³-hybridized carbons (Fsp3) is 0.150. The van der Waals surface area contributed by atoms with Crippen LogP contribution in [0.3, 0.4) is 0 Å². The molecule has 5 heteroatoms. The van der Waals surface area contributed by atoms with Crippen molar-refractivity contribution in [3.63, 3.8) is 0 Å². The van der Waals surface area contributed by atoms with Gasteiger partial charge in [0.2, 0.25) is 0 Å². The number of aryl methyl sites for hydroxylation is 1. The number of carbonyl (C=O) groups excluding carboxylic acids is 1. The molecule has 126 valence electrons. The van der Waals surface area contributed by atoms with Crippen molar-refractivity contribution in [3.05, 3.63) is 80.3 Å². The summed E-state index contributed by atoms with van der Waals surface area (Å²) in [6.07, 6.45) is 2.07. The fourth-order valence-corrected chi connectivity index (χ4v) is 4.80. The van der Waals surface area contributed by atoms with Gasteiger partial charge in [0.1, 0.15) is 0 Å². The zero-order valence-electron chi connectivity index (χ0n) is 13.8. The number of benzene rings is 1. The molecule has 0 aliphatic heterocycles. The second kappa shape index (κ2) is 6.86. The molecule has 0 saturated carbocycles. The molecule has 4 aromatic rings. The number of H-pyrrole nitrogens is 1. The average Bonchev–Trinajstić information content (AvgIpc) is 3.36. The number of amides is 1. The van der Waals surface area contributed by atoms with Crippen LogP contribution < -0.4 is 5.32 Å². The van der Waals surface area contributed by atoms with Crippen LogP contribution in [0.4, 0.5) is 0 Å². The van der Waals surface area contributed by atoms with E-state index in [9.17, 15) is 4.79 Å². The monoisotopic (exact) mass is 366 g/mol. The van der Waals surface area contributed by atoms with Gasteiger partial charge in [-0.05, 0) is 47.0 Å². The Hall–Kier alpha value is -2.37. The number of thiophene rings is 2. The molecule has 0 aliphatic rings. The Balaban J connectivity index is 1.64. The Labute approximate surface area is 154 Å². The quantitative estimate of drug-likeness (QED) is 0.503. The van der Waals surface area contributed by atoms with E-state index in [1.54, 1.807) is 11.3 Å². The molecule has 0 fully saturated rings. The minimum Gasteiger partial charge on any atom is -0.361 e. The maximum absolute atomic E-state index is 12.5. The predicted octanol–water partition coefficient (Wildman–Crippen LogP) is 5.16. The highest BCUT2D eigenvalue weighted by Gasteiger charge is 2.21. The van der Waals surface area contributed by atoms with Gasteiger partial charge in [-0.15, -0.1) is 22.7 Å². The smallest absolute Gasteiger partial charge is 0.261 e. The van der Waals surface area contributed by atoms with E-state index >= 15 is 0 Å². The lowest BCUT2D eigenvalue weighted by Crippen LogP contribution is -2.28. The Morgan fingerprint density at radius 3 is 2.76 bits per heavy atom. The zero-order valence-corrected chi connectivity index (χ0v) is 15.4. The van der Waals surface area contributed by atoms with Crippen LogP contribution in [0.5, 0.6) is 0 Å². The van der Waals surface area contributed by atoms with E-state index < -0.39 is 0 Å². The van der Waals surface area contributed by atoms with Crippen molar-refractivity contribution in [1.82, 2.24) is 10.3 Å². The first-order chi connectivity index (χ1) is 12.2.